The summed E-state index contributed by atoms with van der Waals surface area (Å²) >= 11 is 6.65. The molecule has 0 N–H and O–H groups in total. The van der Waals surface area contributed by atoms with Crippen LogP contribution in [-0.4, -0.2) is 36.1 Å². The zero-order valence-corrected chi connectivity index (χ0v) is 15.8. The highest BCUT2D eigenvalue weighted by molar-refractivity contribution is 6.68. The molecule has 132 valence electrons. The van der Waals surface area contributed by atoms with Crippen molar-refractivity contribution >= 4 is 35.1 Å². The number of carbonyl (C=O) groups is 1. The molecule has 0 spiro atoms. The highest BCUT2D eigenvalue weighted by atomic mass is 35.5. The van der Waals surface area contributed by atoms with Crippen LogP contribution in [0.15, 0.2) is 65.7 Å². The van der Waals surface area contributed by atoms with E-state index in [2.05, 4.69) is 29.1 Å². The molecule has 0 radical (unpaired) electrons. The summed E-state index contributed by atoms with van der Waals surface area (Å²) in [6.45, 7) is 1.86. The largest absolute Gasteiger partial charge is 0.306 e. The molecule has 1 aliphatic heterocycles. The predicted molar refractivity (Wildman–Crippen MR) is 106 cm³/mol. The highest BCUT2D eigenvalue weighted by Gasteiger charge is 2.40. The van der Waals surface area contributed by atoms with Crippen molar-refractivity contribution in [1.82, 2.24) is 4.90 Å². The van der Waals surface area contributed by atoms with Crippen LogP contribution in [0.3, 0.4) is 0 Å². The van der Waals surface area contributed by atoms with Crippen molar-refractivity contribution in [1.29, 1.82) is 0 Å². The zero-order chi connectivity index (χ0) is 17.0. The van der Waals surface area contributed by atoms with Crippen LogP contribution in [0.5, 0.6) is 0 Å². The van der Waals surface area contributed by atoms with Crippen molar-refractivity contribution in [2.75, 3.05) is 20.1 Å². The monoisotopic (exact) mass is 376 g/mol. The fourth-order valence-electron chi connectivity index (χ4n) is 3.21. The summed E-state index contributed by atoms with van der Waals surface area (Å²) in [5.41, 5.74) is 1.32. The third-order valence-electron chi connectivity index (χ3n) is 4.78. The van der Waals surface area contributed by atoms with Crippen LogP contribution in [0, 0.1) is 0 Å². The van der Waals surface area contributed by atoms with Gasteiger partial charge in [0, 0.05) is 5.56 Å². The number of aliphatic imine (C=N–C) groups is 1. The fraction of sp³-hybridized carbons (Fsp3) is 0.300. The van der Waals surface area contributed by atoms with E-state index in [0.29, 0.717) is 10.7 Å². The van der Waals surface area contributed by atoms with Gasteiger partial charge < -0.3 is 4.90 Å². The van der Waals surface area contributed by atoms with Crippen LogP contribution >= 0.6 is 24.0 Å². The van der Waals surface area contributed by atoms with Crippen LogP contribution in [-0.2, 0) is 5.41 Å². The minimum Gasteiger partial charge on any atom is -0.306 e. The summed E-state index contributed by atoms with van der Waals surface area (Å²) in [6, 6.07) is 19.2. The molecule has 0 unspecified atom stereocenters. The number of amides is 1. The summed E-state index contributed by atoms with van der Waals surface area (Å²) < 4.78 is 0. The molecule has 1 heterocycles. The predicted octanol–water partition coefficient (Wildman–Crippen LogP) is 4.55. The Labute approximate surface area is 160 Å². The van der Waals surface area contributed by atoms with Crippen LogP contribution in [0.2, 0.25) is 0 Å². The Morgan fingerprint density at radius 1 is 1.00 bits per heavy atom. The van der Waals surface area contributed by atoms with Crippen molar-refractivity contribution in [2.45, 2.75) is 18.3 Å². The first kappa shape index (κ1) is 19.6. The number of likely N-dealkylation sites (tertiary alicyclic amines) is 1. The van der Waals surface area contributed by atoms with Gasteiger partial charge in [0.15, 0.2) is 0 Å². The number of benzene rings is 2. The van der Waals surface area contributed by atoms with E-state index in [1.165, 1.54) is 0 Å². The van der Waals surface area contributed by atoms with Gasteiger partial charge in [-0.15, -0.1) is 12.4 Å². The van der Waals surface area contributed by atoms with Crippen molar-refractivity contribution in [3.05, 3.63) is 71.8 Å². The Morgan fingerprint density at radius 2 is 1.52 bits per heavy atom. The van der Waals surface area contributed by atoms with Gasteiger partial charge in [0.25, 0.3) is 5.91 Å². The van der Waals surface area contributed by atoms with Crippen LogP contribution in [0.4, 0.5) is 0 Å². The minimum absolute atomic E-state index is 0. The molecule has 0 aromatic heterocycles. The van der Waals surface area contributed by atoms with Gasteiger partial charge >= 0.3 is 0 Å². The molecule has 1 amide bonds. The zero-order valence-electron chi connectivity index (χ0n) is 14.2. The standard InChI is InChI=1S/C20H21ClN2O.ClH/c1-23-14-12-20(13-15-23,17-10-6-3-7-11-17)19(21)22-18(24)16-8-4-2-5-9-16;/h2-11H,12-15H2,1H3;1H. The SMILES string of the molecule is CN1CCC(C(Cl)=NC(=O)c2ccccc2)(c2ccccc2)CC1.Cl. The number of piperidine rings is 1. The number of carbonyl (C=O) groups excluding carboxylic acids is 1. The molecule has 25 heavy (non-hydrogen) atoms. The van der Waals surface area contributed by atoms with Gasteiger partial charge in [-0.2, -0.15) is 0 Å². The highest BCUT2D eigenvalue weighted by Crippen LogP contribution is 2.38. The lowest BCUT2D eigenvalue weighted by Crippen LogP contribution is -2.44. The van der Waals surface area contributed by atoms with E-state index in [0.717, 1.165) is 31.5 Å². The second-order valence-electron chi connectivity index (χ2n) is 6.33. The Balaban J connectivity index is 0.00000225. The van der Waals surface area contributed by atoms with Gasteiger partial charge in [0.1, 0.15) is 5.17 Å². The molecule has 0 aliphatic carbocycles. The van der Waals surface area contributed by atoms with Gasteiger partial charge in [-0.25, -0.2) is 4.99 Å². The third kappa shape index (κ3) is 4.30. The summed E-state index contributed by atoms with van der Waals surface area (Å²) in [4.78, 5) is 19.0. The number of rotatable bonds is 3. The number of nitrogens with zero attached hydrogens (tertiary/aromatic N) is 2. The molecule has 1 saturated heterocycles. The van der Waals surface area contributed by atoms with E-state index in [1.807, 2.05) is 36.4 Å². The molecule has 3 nitrogen and oxygen atoms in total. The summed E-state index contributed by atoms with van der Waals surface area (Å²) in [6.07, 6.45) is 1.72. The smallest absolute Gasteiger partial charge is 0.278 e. The van der Waals surface area contributed by atoms with Crippen LogP contribution < -0.4 is 0 Å². The second-order valence-corrected chi connectivity index (χ2v) is 6.68. The number of hydrogen-bond donors (Lipinski definition) is 0. The first-order valence-corrected chi connectivity index (χ1v) is 8.58. The molecular formula is C20H22Cl2N2O. The average Bonchev–Trinajstić information content (AvgIpc) is 2.64. The van der Waals surface area contributed by atoms with Crippen molar-refractivity contribution < 1.29 is 4.79 Å². The maximum absolute atomic E-state index is 12.5. The first-order chi connectivity index (χ1) is 11.6. The molecule has 0 saturated carbocycles. The lowest BCUT2D eigenvalue weighted by molar-refractivity contribution is 0.100. The molecule has 0 atom stereocenters. The van der Waals surface area contributed by atoms with Crippen LogP contribution in [0.25, 0.3) is 0 Å². The maximum Gasteiger partial charge on any atom is 0.278 e. The average molecular weight is 377 g/mol. The maximum atomic E-state index is 12.5. The molecule has 1 fully saturated rings. The first-order valence-electron chi connectivity index (χ1n) is 8.20. The second kappa shape index (κ2) is 8.61. The normalized spacial score (nSPS) is 17.6. The minimum atomic E-state index is -0.375. The van der Waals surface area contributed by atoms with Crippen molar-refractivity contribution in [3.63, 3.8) is 0 Å². The molecule has 3 rings (SSSR count). The summed E-state index contributed by atoms with van der Waals surface area (Å²) in [5.74, 6) is -0.283. The van der Waals surface area contributed by atoms with Gasteiger partial charge in [-0.3, -0.25) is 4.79 Å². The van der Waals surface area contributed by atoms with E-state index < -0.39 is 0 Å². The third-order valence-corrected chi connectivity index (χ3v) is 5.23. The van der Waals surface area contributed by atoms with Crippen molar-refractivity contribution in [3.8, 4) is 0 Å². The lowest BCUT2D eigenvalue weighted by atomic mass is 9.73. The van der Waals surface area contributed by atoms with Gasteiger partial charge in [-0.1, -0.05) is 60.1 Å². The van der Waals surface area contributed by atoms with Gasteiger partial charge in [-0.05, 0) is 50.7 Å². The van der Waals surface area contributed by atoms with Crippen molar-refractivity contribution in [2.24, 2.45) is 4.99 Å². The van der Waals surface area contributed by atoms with Gasteiger partial charge in [0.05, 0.1) is 5.41 Å². The van der Waals surface area contributed by atoms with E-state index >= 15 is 0 Å². The molecule has 5 heteroatoms. The number of halogens is 2. The summed E-state index contributed by atoms with van der Waals surface area (Å²) in [7, 11) is 2.11. The Hall–Kier alpha value is -1.68. The summed E-state index contributed by atoms with van der Waals surface area (Å²) in [5, 5.41) is 0.399. The van der Waals surface area contributed by atoms with E-state index in [4.69, 9.17) is 11.6 Å². The molecular weight excluding hydrogens is 355 g/mol. The lowest BCUT2D eigenvalue weighted by Gasteiger charge is -2.40. The Bertz CT molecular complexity index is 724. The van der Waals surface area contributed by atoms with E-state index in [9.17, 15) is 4.79 Å². The Kier molecular flexibility index (Phi) is 6.77. The molecule has 2 aromatic rings. The molecule has 0 bridgehead atoms. The topological polar surface area (TPSA) is 32.7 Å². The fourth-order valence-corrected chi connectivity index (χ4v) is 3.59. The molecule has 2 aromatic carbocycles. The molecule has 1 aliphatic rings. The van der Waals surface area contributed by atoms with E-state index in [-0.39, 0.29) is 23.7 Å². The Morgan fingerprint density at radius 3 is 2.08 bits per heavy atom. The van der Waals surface area contributed by atoms with Gasteiger partial charge in [0.2, 0.25) is 0 Å². The number of hydrogen-bond acceptors (Lipinski definition) is 2. The van der Waals surface area contributed by atoms with Crippen LogP contribution in [0.1, 0.15) is 28.8 Å². The van der Waals surface area contributed by atoms with E-state index in [1.54, 1.807) is 12.1 Å². The quantitative estimate of drug-likeness (QED) is 0.736.